The van der Waals surface area contributed by atoms with Crippen LogP contribution in [0.15, 0.2) is 0 Å². The van der Waals surface area contributed by atoms with Crippen LogP contribution in [0.3, 0.4) is 0 Å². The lowest BCUT2D eigenvalue weighted by Crippen LogP contribution is -2.50. The first kappa shape index (κ1) is 12.0. The van der Waals surface area contributed by atoms with Gasteiger partial charge in [-0.15, -0.1) is 0 Å². The molecule has 0 spiro atoms. The molecule has 16 heavy (non-hydrogen) atoms. The molecule has 1 unspecified atom stereocenters. The largest absolute Gasteiger partial charge is 0.338 e. The standard InChI is InChI=1S/C11H21N3OS/c15-11(14-7-10-4-12-5-10)13-6-9-2-1-3-16-8-9/h9-10,12H,1-8H2,(H2,13,14,15). The van der Waals surface area contributed by atoms with Crippen molar-refractivity contribution in [2.75, 3.05) is 37.7 Å². The van der Waals surface area contributed by atoms with E-state index in [0.29, 0.717) is 11.8 Å². The average molecular weight is 243 g/mol. The fourth-order valence-electron chi connectivity index (χ4n) is 2.00. The zero-order valence-electron chi connectivity index (χ0n) is 9.63. The van der Waals surface area contributed by atoms with Crippen LogP contribution in [0, 0.1) is 11.8 Å². The van der Waals surface area contributed by atoms with E-state index in [2.05, 4.69) is 16.0 Å². The second-order valence-corrected chi connectivity index (χ2v) is 5.85. The Bertz CT molecular complexity index is 227. The van der Waals surface area contributed by atoms with E-state index in [1.807, 2.05) is 11.8 Å². The highest BCUT2D eigenvalue weighted by atomic mass is 32.2. The number of rotatable bonds is 4. The highest BCUT2D eigenvalue weighted by molar-refractivity contribution is 7.99. The summed E-state index contributed by atoms with van der Waals surface area (Å²) < 4.78 is 0. The van der Waals surface area contributed by atoms with Crippen LogP contribution in [-0.2, 0) is 0 Å². The second kappa shape index (κ2) is 6.35. The summed E-state index contributed by atoms with van der Waals surface area (Å²) in [5.74, 6) is 3.80. The highest BCUT2D eigenvalue weighted by Crippen LogP contribution is 2.21. The molecular formula is C11H21N3OS. The number of amides is 2. The number of urea groups is 1. The van der Waals surface area contributed by atoms with Gasteiger partial charge in [0.15, 0.2) is 0 Å². The molecule has 0 aromatic carbocycles. The third-order valence-electron chi connectivity index (χ3n) is 3.22. The van der Waals surface area contributed by atoms with Crippen LogP contribution in [0.1, 0.15) is 12.8 Å². The van der Waals surface area contributed by atoms with Crippen molar-refractivity contribution in [2.45, 2.75) is 12.8 Å². The zero-order chi connectivity index (χ0) is 11.2. The van der Waals surface area contributed by atoms with E-state index in [1.54, 1.807) is 0 Å². The van der Waals surface area contributed by atoms with Crippen LogP contribution in [-0.4, -0.2) is 43.7 Å². The fourth-order valence-corrected chi connectivity index (χ4v) is 3.15. The predicted molar refractivity (Wildman–Crippen MR) is 67.8 cm³/mol. The maximum Gasteiger partial charge on any atom is 0.314 e. The van der Waals surface area contributed by atoms with Gasteiger partial charge < -0.3 is 16.0 Å². The smallest absolute Gasteiger partial charge is 0.314 e. The summed E-state index contributed by atoms with van der Waals surface area (Å²) in [5.41, 5.74) is 0. The molecule has 0 aromatic rings. The van der Waals surface area contributed by atoms with Crippen LogP contribution < -0.4 is 16.0 Å². The molecule has 2 fully saturated rings. The Morgan fingerprint density at radius 3 is 2.56 bits per heavy atom. The van der Waals surface area contributed by atoms with Gasteiger partial charge in [0.2, 0.25) is 0 Å². The molecule has 0 aliphatic carbocycles. The summed E-state index contributed by atoms with van der Waals surface area (Å²) >= 11 is 2.01. The van der Waals surface area contributed by atoms with Gasteiger partial charge in [0.1, 0.15) is 0 Å². The molecule has 0 saturated carbocycles. The van der Waals surface area contributed by atoms with Crippen molar-refractivity contribution in [3.8, 4) is 0 Å². The lowest BCUT2D eigenvalue weighted by Gasteiger charge is -2.27. The fraction of sp³-hybridized carbons (Fsp3) is 0.909. The van der Waals surface area contributed by atoms with Crippen LogP contribution in [0.5, 0.6) is 0 Å². The van der Waals surface area contributed by atoms with Crippen LogP contribution >= 0.6 is 11.8 Å². The number of hydrogen-bond donors (Lipinski definition) is 3. The topological polar surface area (TPSA) is 53.2 Å². The number of hydrogen-bond acceptors (Lipinski definition) is 3. The van der Waals surface area contributed by atoms with Crippen molar-refractivity contribution >= 4 is 17.8 Å². The van der Waals surface area contributed by atoms with Gasteiger partial charge in [-0.3, -0.25) is 0 Å². The lowest BCUT2D eigenvalue weighted by atomic mass is 10.0. The predicted octanol–water partition coefficient (Wildman–Crippen LogP) is 0.648. The van der Waals surface area contributed by atoms with Crippen molar-refractivity contribution in [1.29, 1.82) is 0 Å². The van der Waals surface area contributed by atoms with Gasteiger partial charge >= 0.3 is 6.03 Å². The summed E-state index contributed by atoms with van der Waals surface area (Å²) in [6, 6.07) is 0.00229. The number of carbonyl (C=O) groups excluding carboxylic acids is 1. The maximum absolute atomic E-state index is 11.5. The summed E-state index contributed by atoms with van der Waals surface area (Å²) in [6.07, 6.45) is 2.56. The molecular weight excluding hydrogens is 222 g/mol. The summed E-state index contributed by atoms with van der Waals surface area (Å²) in [4.78, 5) is 11.5. The third-order valence-corrected chi connectivity index (χ3v) is 4.51. The lowest BCUT2D eigenvalue weighted by molar-refractivity contribution is 0.233. The normalized spacial score (nSPS) is 25.9. The van der Waals surface area contributed by atoms with Crippen molar-refractivity contribution in [3.63, 3.8) is 0 Å². The van der Waals surface area contributed by atoms with Gasteiger partial charge in [-0.1, -0.05) is 0 Å². The van der Waals surface area contributed by atoms with Gasteiger partial charge in [-0.05, 0) is 30.3 Å². The molecule has 4 nitrogen and oxygen atoms in total. The number of thioether (sulfide) groups is 1. The van der Waals surface area contributed by atoms with E-state index < -0.39 is 0 Å². The summed E-state index contributed by atoms with van der Waals surface area (Å²) in [7, 11) is 0. The van der Waals surface area contributed by atoms with Gasteiger partial charge in [0.25, 0.3) is 0 Å². The average Bonchev–Trinajstić information content (AvgIpc) is 2.26. The van der Waals surface area contributed by atoms with Gasteiger partial charge in [0, 0.05) is 32.1 Å². The summed E-state index contributed by atoms with van der Waals surface area (Å²) in [5, 5.41) is 9.09. The molecule has 2 aliphatic rings. The van der Waals surface area contributed by atoms with E-state index in [9.17, 15) is 4.79 Å². The molecule has 0 bridgehead atoms. The molecule has 2 rings (SSSR count). The molecule has 0 aromatic heterocycles. The molecule has 1 atom stereocenters. The molecule has 92 valence electrons. The van der Waals surface area contributed by atoms with E-state index in [1.165, 1.54) is 24.3 Å². The minimum atomic E-state index is 0.00229. The van der Waals surface area contributed by atoms with Crippen LogP contribution in [0.4, 0.5) is 4.79 Å². The van der Waals surface area contributed by atoms with Gasteiger partial charge in [0.05, 0.1) is 0 Å². The zero-order valence-corrected chi connectivity index (χ0v) is 10.4. The molecule has 5 heteroatoms. The molecule has 2 amide bonds. The van der Waals surface area contributed by atoms with Crippen molar-refractivity contribution in [1.82, 2.24) is 16.0 Å². The van der Waals surface area contributed by atoms with Crippen LogP contribution in [0.2, 0.25) is 0 Å². The minimum Gasteiger partial charge on any atom is -0.338 e. The quantitative estimate of drug-likeness (QED) is 0.679. The maximum atomic E-state index is 11.5. The van der Waals surface area contributed by atoms with Crippen molar-refractivity contribution in [3.05, 3.63) is 0 Å². The minimum absolute atomic E-state index is 0.00229. The van der Waals surface area contributed by atoms with Gasteiger partial charge in [-0.2, -0.15) is 11.8 Å². The van der Waals surface area contributed by atoms with E-state index in [-0.39, 0.29) is 6.03 Å². The Hall–Kier alpha value is -0.420. The number of nitrogens with one attached hydrogen (secondary N) is 3. The first-order valence-corrected chi connectivity index (χ1v) is 7.30. The Kier molecular flexibility index (Phi) is 4.78. The summed E-state index contributed by atoms with van der Waals surface area (Å²) in [6.45, 7) is 3.72. The first-order valence-electron chi connectivity index (χ1n) is 6.15. The first-order chi connectivity index (χ1) is 7.84. The van der Waals surface area contributed by atoms with E-state index in [0.717, 1.165) is 26.2 Å². The molecule has 2 saturated heterocycles. The number of carbonyl (C=O) groups is 1. The monoisotopic (exact) mass is 243 g/mol. The Labute approximate surface area is 101 Å². The Morgan fingerprint density at radius 2 is 2.00 bits per heavy atom. The molecule has 0 radical (unpaired) electrons. The van der Waals surface area contributed by atoms with Crippen LogP contribution in [0.25, 0.3) is 0 Å². The second-order valence-electron chi connectivity index (χ2n) is 4.70. The molecule has 2 heterocycles. The molecule has 3 N–H and O–H groups in total. The van der Waals surface area contributed by atoms with Crippen molar-refractivity contribution in [2.24, 2.45) is 11.8 Å². The van der Waals surface area contributed by atoms with Crippen molar-refractivity contribution < 1.29 is 4.79 Å². The van der Waals surface area contributed by atoms with E-state index >= 15 is 0 Å². The highest BCUT2D eigenvalue weighted by Gasteiger charge is 2.18. The van der Waals surface area contributed by atoms with Gasteiger partial charge in [-0.25, -0.2) is 4.79 Å². The Balaban J connectivity index is 1.52. The SMILES string of the molecule is O=C(NCC1CNC1)NCC1CCCSC1. The molecule has 2 aliphatic heterocycles. The third kappa shape index (κ3) is 3.87. The van der Waals surface area contributed by atoms with E-state index in [4.69, 9.17) is 0 Å². The Morgan fingerprint density at radius 1 is 1.25 bits per heavy atom.